The lowest BCUT2D eigenvalue weighted by Crippen LogP contribution is -2.28. The van der Waals surface area contributed by atoms with E-state index in [9.17, 15) is 0 Å². The summed E-state index contributed by atoms with van der Waals surface area (Å²) in [7, 11) is 5.63. The summed E-state index contributed by atoms with van der Waals surface area (Å²) in [6.07, 6.45) is 0. The lowest BCUT2D eigenvalue weighted by atomic mass is 10.1. The summed E-state index contributed by atoms with van der Waals surface area (Å²) < 4.78 is 5.18. The predicted octanol–water partition coefficient (Wildman–Crippen LogP) is 2.27. The lowest BCUT2D eigenvalue weighted by Gasteiger charge is -2.18. The van der Waals surface area contributed by atoms with Gasteiger partial charge in [0.2, 0.25) is 0 Å². The second-order valence-electron chi connectivity index (χ2n) is 3.94. The average Bonchev–Trinajstić information content (AvgIpc) is 2.23. The number of ether oxygens (including phenoxy) is 1. The molecule has 1 rings (SSSR count). The summed E-state index contributed by atoms with van der Waals surface area (Å²) in [5, 5.41) is 3.78. The Hall–Kier alpha value is -0.770. The van der Waals surface area contributed by atoms with Gasteiger partial charge in [-0.15, -0.1) is 0 Å². The number of benzene rings is 1. The van der Waals surface area contributed by atoms with Crippen LogP contribution in [-0.2, 0) is 6.54 Å². The van der Waals surface area contributed by atoms with Crippen LogP contribution in [0.1, 0.15) is 11.1 Å². The van der Waals surface area contributed by atoms with E-state index in [4.69, 9.17) is 16.3 Å². The van der Waals surface area contributed by atoms with Crippen LogP contribution in [0.25, 0.3) is 0 Å². The van der Waals surface area contributed by atoms with Crippen LogP contribution in [0, 0.1) is 6.92 Å². The van der Waals surface area contributed by atoms with E-state index >= 15 is 0 Å². The predicted molar refractivity (Wildman–Crippen MR) is 68.1 cm³/mol. The monoisotopic (exact) mass is 242 g/mol. The zero-order chi connectivity index (χ0) is 12.1. The minimum atomic E-state index is 0.668. The molecule has 0 aliphatic carbocycles. The first kappa shape index (κ1) is 13.3. The molecular weight excluding hydrogens is 224 g/mol. The van der Waals surface area contributed by atoms with Gasteiger partial charge in [-0.05, 0) is 44.3 Å². The Morgan fingerprint density at radius 2 is 2.12 bits per heavy atom. The van der Waals surface area contributed by atoms with Crippen molar-refractivity contribution in [2.45, 2.75) is 13.5 Å². The molecular formula is C12H19ClN2O. The Kier molecular flexibility index (Phi) is 5.06. The van der Waals surface area contributed by atoms with Crippen molar-refractivity contribution in [3.05, 3.63) is 28.3 Å². The van der Waals surface area contributed by atoms with E-state index in [1.54, 1.807) is 7.11 Å². The molecule has 0 aliphatic heterocycles. The van der Waals surface area contributed by atoms with Gasteiger partial charge in [-0.2, -0.15) is 0 Å². The third-order valence-electron chi connectivity index (χ3n) is 2.48. The van der Waals surface area contributed by atoms with Crippen LogP contribution in [0.2, 0.25) is 5.02 Å². The van der Waals surface area contributed by atoms with Crippen molar-refractivity contribution < 1.29 is 4.74 Å². The maximum Gasteiger partial charge on any atom is 0.137 e. The molecule has 4 heteroatoms. The van der Waals surface area contributed by atoms with Gasteiger partial charge in [0.1, 0.15) is 5.75 Å². The van der Waals surface area contributed by atoms with E-state index in [1.165, 1.54) is 11.1 Å². The zero-order valence-corrected chi connectivity index (χ0v) is 11.1. The highest BCUT2D eigenvalue weighted by Gasteiger charge is 2.07. The molecule has 16 heavy (non-hydrogen) atoms. The van der Waals surface area contributed by atoms with E-state index in [0.717, 1.165) is 19.0 Å². The fourth-order valence-corrected chi connectivity index (χ4v) is 1.90. The van der Waals surface area contributed by atoms with Crippen LogP contribution in [0.5, 0.6) is 5.75 Å². The second kappa shape index (κ2) is 6.09. The average molecular weight is 243 g/mol. The molecule has 0 unspecified atom stereocenters. The molecule has 90 valence electrons. The van der Waals surface area contributed by atoms with Crippen molar-refractivity contribution in [2.24, 2.45) is 0 Å². The number of nitrogens with one attached hydrogen (secondary N) is 1. The van der Waals surface area contributed by atoms with Crippen LogP contribution < -0.4 is 10.1 Å². The third kappa shape index (κ3) is 3.37. The zero-order valence-electron chi connectivity index (χ0n) is 10.3. The van der Waals surface area contributed by atoms with Crippen LogP contribution >= 0.6 is 11.6 Å². The summed E-state index contributed by atoms with van der Waals surface area (Å²) in [5.74, 6) is 0.735. The van der Waals surface area contributed by atoms with Gasteiger partial charge in [0.15, 0.2) is 0 Å². The number of halogens is 1. The Morgan fingerprint density at radius 3 is 2.69 bits per heavy atom. The molecule has 0 saturated carbocycles. The molecule has 1 N–H and O–H groups in total. The first-order chi connectivity index (χ1) is 7.58. The molecule has 1 aromatic carbocycles. The Morgan fingerprint density at radius 1 is 1.44 bits per heavy atom. The number of hydrogen-bond acceptors (Lipinski definition) is 3. The second-order valence-corrected chi connectivity index (χ2v) is 4.35. The third-order valence-corrected chi connectivity index (χ3v) is 2.77. The quantitative estimate of drug-likeness (QED) is 0.802. The molecule has 0 aliphatic rings. The van der Waals surface area contributed by atoms with Gasteiger partial charge in [-0.3, -0.25) is 4.90 Å². The van der Waals surface area contributed by atoms with Crippen molar-refractivity contribution in [1.29, 1.82) is 0 Å². The largest absolute Gasteiger partial charge is 0.495 e. The number of rotatable bonds is 5. The molecule has 0 fully saturated rings. The Bertz CT molecular complexity index is 355. The highest BCUT2D eigenvalue weighted by atomic mass is 35.5. The van der Waals surface area contributed by atoms with Gasteiger partial charge in [0.25, 0.3) is 0 Å². The van der Waals surface area contributed by atoms with Gasteiger partial charge in [0, 0.05) is 13.2 Å². The summed E-state index contributed by atoms with van der Waals surface area (Å²) in [5.41, 5.74) is 2.42. The van der Waals surface area contributed by atoms with Crippen LogP contribution in [0.15, 0.2) is 12.1 Å². The highest BCUT2D eigenvalue weighted by molar-refractivity contribution is 6.32. The van der Waals surface area contributed by atoms with Gasteiger partial charge in [-0.1, -0.05) is 11.6 Å². The molecule has 1 aromatic rings. The normalized spacial score (nSPS) is 10.9. The maximum absolute atomic E-state index is 6.10. The van der Waals surface area contributed by atoms with E-state index < -0.39 is 0 Å². The Balaban J connectivity index is 2.85. The van der Waals surface area contributed by atoms with Gasteiger partial charge < -0.3 is 10.1 Å². The highest BCUT2D eigenvalue weighted by Crippen LogP contribution is 2.28. The van der Waals surface area contributed by atoms with Crippen molar-refractivity contribution in [2.75, 3.05) is 27.9 Å². The molecule has 0 spiro atoms. The van der Waals surface area contributed by atoms with Crippen LogP contribution in [0.3, 0.4) is 0 Å². The SMILES string of the molecule is CNCN(C)Cc1cc(Cl)c(OC)cc1C. The molecule has 0 saturated heterocycles. The van der Waals surface area contributed by atoms with Crippen molar-refractivity contribution in [1.82, 2.24) is 10.2 Å². The summed E-state index contributed by atoms with van der Waals surface area (Å²) >= 11 is 6.10. The minimum Gasteiger partial charge on any atom is -0.495 e. The van der Waals surface area contributed by atoms with Crippen LogP contribution in [0.4, 0.5) is 0 Å². The van der Waals surface area contributed by atoms with Gasteiger partial charge >= 0.3 is 0 Å². The molecule has 3 nitrogen and oxygen atoms in total. The molecule has 0 radical (unpaired) electrons. The van der Waals surface area contributed by atoms with E-state index in [2.05, 4.69) is 24.2 Å². The molecule has 0 atom stereocenters. The Labute approximate surface area is 102 Å². The number of hydrogen-bond donors (Lipinski definition) is 1. The van der Waals surface area contributed by atoms with Crippen LogP contribution in [-0.4, -0.2) is 32.8 Å². The summed E-state index contributed by atoms with van der Waals surface area (Å²) in [6.45, 7) is 3.79. The van der Waals surface area contributed by atoms with Gasteiger partial charge in [-0.25, -0.2) is 0 Å². The topological polar surface area (TPSA) is 24.5 Å². The lowest BCUT2D eigenvalue weighted by molar-refractivity contribution is 0.309. The molecule has 0 amide bonds. The standard InChI is InChI=1S/C12H19ClN2O/c1-9-5-12(16-4)11(13)6-10(9)7-15(3)8-14-2/h5-6,14H,7-8H2,1-4H3. The van der Waals surface area contributed by atoms with Gasteiger partial charge in [0.05, 0.1) is 12.1 Å². The first-order valence-corrected chi connectivity index (χ1v) is 5.62. The number of methoxy groups -OCH3 is 1. The summed E-state index contributed by atoms with van der Waals surface area (Å²) in [4.78, 5) is 2.19. The van der Waals surface area contributed by atoms with E-state index in [1.807, 2.05) is 19.2 Å². The number of nitrogens with zero attached hydrogens (tertiary/aromatic N) is 1. The maximum atomic E-state index is 6.10. The fourth-order valence-electron chi connectivity index (χ4n) is 1.64. The van der Waals surface area contributed by atoms with Crippen molar-refractivity contribution in [3.63, 3.8) is 0 Å². The smallest absolute Gasteiger partial charge is 0.137 e. The fraction of sp³-hybridized carbons (Fsp3) is 0.500. The minimum absolute atomic E-state index is 0.668. The van der Waals surface area contributed by atoms with Crippen molar-refractivity contribution in [3.8, 4) is 5.75 Å². The first-order valence-electron chi connectivity index (χ1n) is 5.24. The van der Waals surface area contributed by atoms with E-state index in [0.29, 0.717) is 5.02 Å². The molecule has 0 aromatic heterocycles. The van der Waals surface area contributed by atoms with E-state index in [-0.39, 0.29) is 0 Å². The van der Waals surface area contributed by atoms with Crippen molar-refractivity contribution >= 4 is 11.6 Å². The molecule has 0 heterocycles. The number of aryl methyl sites for hydroxylation is 1. The summed E-state index contributed by atoms with van der Waals surface area (Å²) in [6, 6.07) is 3.95. The molecule has 0 bridgehead atoms.